The zero-order valence-electron chi connectivity index (χ0n) is 7.34. The van der Waals surface area contributed by atoms with Gasteiger partial charge in [0.25, 0.3) is 0 Å². The molecule has 1 heterocycles. The number of rotatable bonds is 2. The summed E-state index contributed by atoms with van der Waals surface area (Å²) in [6, 6.07) is 0. The fourth-order valence-corrected chi connectivity index (χ4v) is 0.784. The molecule has 0 aliphatic carbocycles. The van der Waals surface area contributed by atoms with E-state index >= 15 is 0 Å². The van der Waals surface area contributed by atoms with Gasteiger partial charge in [-0.3, -0.25) is 0 Å². The van der Waals surface area contributed by atoms with Crippen LogP contribution < -0.4 is 18.6 Å². The van der Waals surface area contributed by atoms with Crippen LogP contribution in [0, 0.1) is 0 Å². The van der Waals surface area contributed by atoms with Gasteiger partial charge in [0.2, 0.25) is 0 Å². The number of ether oxygens (including phenoxy) is 1. The number of hydrogen-bond donors (Lipinski definition) is 1. The molecule has 0 aromatic rings. The van der Waals surface area contributed by atoms with Gasteiger partial charge in [-0.1, -0.05) is 0 Å². The molecule has 0 radical (unpaired) electrons. The summed E-state index contributed by atoms with van der Waals surface area (Å²) in [6.07, 6.45) is 0.565. The van der Waals surface area contributed by atoms with E-state index in [9.17, 15) is 0 Å². The van der Waals surface area contributed by atoms with E-state index in [2.05, 4.69) is 21.1 Å². The smallest absolute Gasteiger partial charge is 0.130 e. The minimum absolute atomic E-state index is 0. The average molecular weight is 205 g/mol. The Bertz CT molecular complexity index is 91.1. The lowest BCUT2D eigenvalue weighted by atomic mass is 10.4. The maximum Gasteiger partial charge on any atom is 0.130 e. The number of halogens is 2. The molecule has 1 atom stereocenters. The number of hydrogen-bond acceptors (Lipinski definition) is 2. The lowest BCUT2D eigenvalue weighted by Crippen LogP contribution is -3.00. The highest BCUT2D eigenvalue weighted by Crippen LogP contribution is 2.11. The zero-order chi connectivity index (χ0) is 6.20. The van der Waals surface area contributed by atoms with Crippen LogP contribution in [-0.2, 0) is 4.74 Å². The maximum atomic E-state index is 5.07. The quantitative estimate of drug-likeness (QED) is 0.406. The van der Waals surface area contributed by atoms with Crippen molar-refractivity contribution in [3.8, 4) is 0 Å². The summed E-state index contributed by atoms with van der Waals surface area (Å²) in [5.74, 6) is 0. The van der Waals surface area contributed by atoms with Gasteiger partial charge in [-0.05, 0) is 0 Å². The van der Waals surface area contributed by atoms with E-state index in [0.717, 1.165) is 17.6 Å². The molecule has 1 aliphatic heterocycles. The van der Waals surface area contributed by atoms with Crippen LogP contribution in [0.3, 0.4) is 0 Å². The molecule has 0 aromatic carbocycles. The largest absolute Gasteiger partial charge is 1.00 e. The van der Waals surface area contributed by atoms with Crippen molar-refractivity contribution in [2.45, 2.75) is 6.10 Å². The van der Waals surface area contributed by atoms with E-state index in [1.807, 2.05) is 0 Å². The predicted molar refractivity (Wildman–Crippen MR) is 44.9 cm³/mol. The Morgan fingerprint density at radius 1 is 1.36 bits per heavy atom. The second-order valence-electron chi connectivity index (χ2n) is 3.43. The van der Waals surface area contributed by atoms with Crippen LogP contribution in [0.25, 0.3) is 0 Å². The monoisotopic (exact) mass is 204 g/mol. The topological polar surface area (TPSA) is 47.5 Å². The van der Waals surface area contributed by atoms with Gasteiger partial charge in [-0.2, -0.15) is 0 Å². The highest BCUT2D eigenvalue weighted by Gasteiger charge is 2.28. The van der Waals surface area contributed by atoms with Crippen LogP contribution in [0.2, 0.25) is 0 Å². The first-order valence-electron chi connectivity index (χ1n) is 3.00. The first-order valence-corrected chi connectivity index (χ1v) is 3.00. The van der Waals surface area contributed by atoms with Crippen LogP contribution in [0.1, 0.15) is 0 Å². The Labute approximate surface area is 81.1 Å². The summed E-state index contributed by atoms with van der Waals surface area (Å²) in [5, 5.41) is 0. The first-order chi connectivity index (χ1) is 3.58. The van der Waals surface area contributed by atoms with Gasteiger partial charge in [-0.15, -0.1) is 12.4 Å². The van der Waals surface area contributed by atoms with Gasteiger partial charge >= 0.3 is 0 Å². The molecule has 1 unspecified atom stereocenters. The molecule has 1 rings (SSSR count). The molecule has 5 heteroatoms. The molecule has 11 heavy (non-hydrogen) atoms. The standard InChI is InChI=1S/C6H14NO.2ClH.H3N/c1-7(2,3)4-6-5-8-6;;;/h6H,4-5H2,1-3H3;2*1H;1H3/q+1;;;/p-1. The number of nitrogens with zero attached hydrogens (tertiary/aromatic N) is 1. The second kappa shape index (κ2) is 6.03. The van der Waals surface area contributed by atoms with E-state index in [4.69, 9.17) is 4.74 Å². The molecule has 3 nitrogen and oxygen atoms in total. The molecular weight excluding hydrogens is 187 g/mol. The third-order valence-corrected chi connectivity index (χ3v) is 1.15. The Balaban J connectivity index is -0.000000213. The Hall–Kier alpha value is 0.460. The average Bonchev–Trinajstić information content (AvgIpc) is 2.12. The molecule has 1 fully saturated rings. The van der Waals surface area contributed by atoms with Crippen LogP contribution in [0.5, 0.6) is 0 Å². The molecule has 1 saturated heterocycles. The Kier molecular flexibility index (Phi) is 9.60. The van der Waals surface area contributed by atoms with Gasteiger partial charge in [-0.25, -0.2) is 0 Å². The molecule has 0 aromatic heterocycles. The molecule has 1 aliphatic rings. The van der Waals surface area contributed by atoms with Crippen LogP contribution in [0.4, 0.5) is 0 Å². The number of epoxide rings is 1. The van der Waals surface area contributed by atoms with Gasteiger partial charge < -0.3 is 27.8 Å². The number of likely N-dealkylation sites (N-methyl/N-ethyl adjacent to an activating group) is 1. The minimum Gasteiger partial charge on any atom is -1.00 e. The Morgan fingerprint density at radius 2 is 1.73 bits per heavy atom. The molecular formula is C6H18Cl2N2O. The first kappa shape index (κ1) is 17.5. The lowest BCUT2D eigenvalue weighted by Gasteiger charge is -2.22. The zero-order valence-corrected chi connectivity index (χ0v) is 8.91. The maximum absolute atomic E-state index is 5.07. The van der Waals surface area contributed by atoms with Crippen LogP contribution in [0.15, 0.2) is 0 Å². The summed E-state index contributed by atoms with van der Waals surface area (Å²) in [4.78, 5) is 0. The van der Waals surface area contributed by atoms with E-state index in [-0.39, 0.29) is 31.0 Å². The normalized spacial score (nSPS) is 20.5. The summed E-state index contributed by atoms with van der Waals surface area (Å²) < 4.78 is 6.09. The fraction of sp³-hybridized carbons (Fsp3) is 1.00. The number of quaternary nitrogens is 1. The molecule has 72 valence electrons. The van der Waals surface area contributed by atoms with Gasteiger partial charge in [0.1, 0.15) is 12.6 Å². The summed E-state index contributed by atoms with van der Waals surface area (Å²) >= 11 is 0. The predicted octanol–water partition coefficient (Wildman–Crippen LogP) is -2.32. The molecule has 0 spiro atoms. The molecule has 3 N–H and O–H groups in total. The third-order valence-electron chi connectivity index (χ3n) is 1.15. The van der Waals surface area contributed by atoms with Gasteiger partial charge in [0.05, 0.1) is 27.7 Å². The summed E-state index contributed by atoms with van der Waals surface area (Å²) in [7, 11) is 6.55. The SMILES string of the molecule is C[N+](C)(C)CC1CO1.Cl.N.[Cl-]. The molecule has 0 bridgehead atoms. The highest BCUT2D eigenvalue weighted by molar-refractivity contribution is 5.85. The lowest BCUT2D eigenvalue weighted by molar-refractivity contribution is -0.870. The van der Waals surface area contributed by atoms with Crippen molar-refractivity contribution in [2.75, 3.05) is 34.3 Å². The summed E-state index contributed by atoms with van der Waals surface area (Å²) in [5.41, 5.74) is 0. The van der Waals surface area contributed by atoms with Crippen molar-refractivity contribution in [1.29, 1.82) is 0 Å². The highest BCUT2D eigenvalue weighted by atomic mass is 35.5. The summed E-state index contributed by atoms with van der Waals surface area (Å²) in [6.45, 7) is 2.13. The van der Waals surface area contributed by atoms with E-state index < -0.39 is 0 Å². The van der Waals surface area contributed by atoms with E-state index in [0.29, 0.717) is 6.10 Å². The van der Waals surface area contributed by atoms with Crippen LogP contribution >= 0.6 is 12.4 Å². The van der Waals surface area contributed by atoms with E-state index in [1.165, 1.54) is 0 Å². The molecule has 0 saturated carbocycles. The van der Waals surface area contributed by atoms with Crippen molar-refractivity contribution < 1.29 is 21.6 Å². The van der Waals surface area contributed by atoms with Gasteiger partial charge in [0.15, 0.2) is 0 Å². The van der Waals surface area contributed by atoms with Crippen molar-refractivity contribution in [3.63, 3.8) is 0 Å². The third kappa shape index (κ3) is 10.5. The van der Waals surface area contributed by atoms with Crippen molar-refractivity contribution in [3.05, 3.63) is 0 Å². The van der Waals surface area contributed by atoms with Crippen molar-refractivity contribution in [1.82, 2.24) is 6.15 Å². The van der Waals surface area contributed by atoms with Gasteiger partial charge in [0, 0.05) is 0 Å². The Morgan fingerprint density at radius 3 is 1.82 bits per heavy atom. The van der Waals surface area contributed by atoms with Crippen molar-refractivity contribution in [2.24, 2.45) is 0 Å². The second-order valence-corrected chi connectivity index (χ2v) is 3.43. The van der Waals surface area contributed by atoms with Crippen LogP contribution in [-0.4, -0.2) is 44.9 Å². The fourth-order valence-electron chi connectivity index (χ4n) is 0.784. The molecule has 0 amide bonds. The van der Waals surface area contributed by atoms with E-state index in [1.54, 1.807) is 0 Å². The van der Waals surface area contributed by atoms with Crippen molar-refractivity contribution >= 4 is 12.4 Å². The minimum atomic E-state index is 0.